The van der Waals surface area contributed by atoms with Gasteiger partial charge in [0.1, 0.15) is 5.75 Å². The van der Waals surface area contributed by atoms with Crippen LogP contribution in [0.1, 0.15) is 63.5 Å². The number of amides is 3. The van der Waals surface area contributed by atoms with E-state index >= 15 is 0 Å². The molecule has 1 unspecified atom stereocenters. The fraction of sp³-hybridized carbons (Fsp3) is 0.619. The Kier molecular flexibility index (Phi) is 8.43. The Morgan fingerprint density at radius 3 is 2.48 bits per heavy atom. The highest BCUT2D eigenvalue weighted by molar-refractivity contribution is 5.77. The number of methoxy groups -OCH3 is 1. The van der Waals surface area contributed by atoms with Crippen LogP contribution in [0.3, 0.4) is 0 Å². The lowest BCUT2D eigenvalue weighted by molar-refractivity contribution is -0.131. The molecule has 3 amide bonds. The van der Waals surface area contributed by atoms with Crippen LogP contribution in [0.5, 0.6) is 5.75 Å². The summed E-state index contributed by atoms with van der Waals surface area (Å²) < 4.78 is 5.17. The van der Waals surface area contributed by atoms with Gasteiger partial charge in [-0.25, -0.2) is 4.79 Å². The zero-order valence-corrected chi connectivity index (χ0v) is 16.8. The van der Waals surface area contributed by atoms with Gasteiger partial charge in [0.05, 0.1) is 13.2 Å². The molecule has 2 rings (SSSR count). The van der Waals surface area contributed by atoms with Crippen molar-refractivity contribution in [3.63, 3.8) is 0 Å². The number of carbonyl (C=O) groups is 2. The van der Waals surface area contributed by atoms with Gasteiger partial charge in [0, 0.05) is 26.1 Å². The molecule has 0 aromatic heterocycles. The Bertz CT molecular complexity index is 597. The number of benzene rings is 1. The van der Waals surface area contributed by atoms with Gasteiger partial charge in [-0.15, -0.1) is 0 Å². The molecule has 6 heteroatoms. The summed E-state index contributed by atoms with van der Waals surface area (Å²) in [6.07, 6.45) is 6.85. The number of rotatable bonds is 8. The van der Waals surface area contributed by atoms with Gasteiger partial charge < -0.3 is 20.3 Å². The minimum absolute atomic E-state index is 0.00837. The van der Waals surface area contributed by atoms with Crippen molar-refractivity contribution >= 4 is 11.9 Å². The highest BCUT2D eigenvalue weighted by Crippen LogP contribution is 2.22. The second kappa shape index (κ2) is 10.8. The molecule has 0 aliphatic heterocycles. The van der Waals surface area contributed by atoms with Crippen molar-refractivity contribution < 1.29 is 14.3 Å². The molecule has 1 fully saturated rings. The number of hydrogen-bond acceptors (Lipinski definition) is 3. The Balaban J connectivity index is 1.67. The molecule has 1 saturated carbocycles. The normalized spacial score (nSPS) is 15.7. The second-order valence-electron chi connectivity index (χ2n) is 7.29. The molecule has 1 aromatic rings. The summed E-state index contributed by atoms with van der Waals surface area (Å²) in [5.74, 6) is 0.880. The van der Waals surface area contributed by atoms with Crippen molar-refractivity contribution in [2.45, 2.75) is 64.0 Å². The maximum atomic E-state index is 12.4. The van der Waals surface area contributed by atoms with E-state index in [0.717, 1.165) is 24.2 Å². The third-order valence-corrected chi connectivity index (χ3v) is 5.37. The number of hydrogen-bond donors (Lipinski definition) is 2. The molecular formula is C21H33N3O3. The predicted molar refractivity (Wildman–Crippen MR) is 107 cm³/mol. The van der Waals surface area contributed by atoms with Gasteiger partial charge in [-0.1, -0.05) is 31.4 Å². The molecule has 0 spiro atoms. The summed E-state index contributed by atoms with van der Waals surface area (Å²) in [6.45, 7) is 2.52. The monoisotopic (exact) mass is 375 g/mol. The molecule has 0 radical (unpaired) electrons. The Labute approximate surface area is 162 Å². The van der Waals surface area contributed by atoms with Crippen LogP contribution in [0, 0.1) is 0 Å². The number of nitrogens with zero attached hydrogens (tertiary/aromatic N) is 1. The molecule has 0 heterocycles. The summed E-state index contributed by atoms with van der Waals surface area (Å²) in [5, 5.41) is 5.89. The lowest BCUT2D eigenvalue weighted by atomic mass is 9.96. The summed E-state index contributed by atoms with van der Waals surface area (Å²) in [7, 11) is 3.46. The van der Waals surface area contributed by atoms with Crippen LogP contribution in [0.4, 0.5) is 4.79 Å². The largest absolute Gasteiger partial charge is 0.497 e. The first kappa shape index (κ1) is 21.1. The van der Waals surface area contributed by atoms with Gasteiger partial charge in [0.25, 0.3) is 0 Å². The zero-order chi connectivity index (χ0) is 19.6. The fourth-order valence-corrected chi connectivity index (χ4v) is 3.42. The third kappa shape index (κ3) is 6.77. The third-order valence-electron chi connectivity index (χ3n) is 5.37. The second-order valence-corrected chi connectivity index (χ2v) is 7.29. The number of nitrogens with one attached hydrogen (secondary N) is 2. The minimum Gasteiger partial charge on any atom is -0.497 e. The molecule has 6 nitrogen and oxygen atoms in total. The molecule has 27 heavy (non-hydrogen) atoms. The van der Waals surface area contributed by atoms with Crippen LogP contribution in [0.15, 0.2) is 24.3 Å². The zero-order valence-electron chi connectivity index (χ0n) is 16.8. The maximum Gasteiger partial charge on any atom is 0.315 e. The van der Waals surface area contributed by atoms with Crippen LogP contribution in [-0.2, 0) is 4.79 Å². The summed E-state index contributed by atoms with van der Waals surface area (Å²) in [4.78, 5) is 26.1. The SMILES string of the molecule is COc1ccc(C(C)N(C)C(=O)CCCNC(=O)NC2CCCCC2)cc1. The molecule has 0 bridgehead atoms. The molecule has 1 atom stereocenters. The van der Waals surface area contributed by atoms with E-state index < -0.39 is 0 Å². The molecule has 1 aliphatic rings. The Hall–Kier alpha value is -2.24. The minimum atomic E-state index is -0.116. The lowest BCUT2D eigenvalue weighted by Gasteiger charge is -2.26. The molecule has 150 valence electrons. The van der Waals surface area contributed by atoms with Crippen molar-refractivity contribution in [1.29, 1.82) is 0 Å². The molecular weight excluding hydrogens is 342 g/mol. The first-order valence-electron chi connectivity index (χ1n) is 9.95. The highest BCUT2D eigenvalue weighted by Gasteiger charge is 2.18. The van der Waals surface area contributed by atoms with Gasteiger partial charge in [-0.2, -0.15) is 0 Å². The Morgan fingerprint density at radius 2 is 1.85 bits per heavy atom. The van der Waals surface area contributed by atoms with E-state index in [0.29, 0.717) is 25.4 Å². The van der Waals surface area contributed by atoms with E-state index in [1.54, 1.807) is 12.0 Å². The van der Waals surface area contributed by atoms with Crippen LogP contribution >= 0.6 is 0 Å². The van der Waals surface area contributed by atoms with E-state index in [1.807, 2.05) is 38.2 Å². The molecule has 1 aromatic carbocycles. The van der Waals surface area contributed by atoms with E-state index in [-0.39, 0.29) is 18.0 Å². The fourth-order valence-electron chi connectivity index (χ4n) is 3.42. The first-order valence-corrected chi connectivity index (χ1v) is 9.95. The summed E-state index contributed by atoms with van der Waals surface area (Å²) in [5.41, 5.74) is 1.07. The summed E-state index contributed by atoms with van der Waals surface area (Å²) >= 11 is 0. The highest BCUT2D eigenvalue weighted by atomic mass is 16.5. The van der Waals surface area contributed by atoms with Crippen LogP contribution < -0.4 is 15.4 Å². The van der Waals surface area contributed by atoms with Crippen molar-refractivity contribution in [3.8, 4) is 5.75 Å². The van der Waals surface area contributed by atoms with Gasteiger partial charge in [0.15, 0.2) is 0 Å². The van der Waals surface area contributed by atoms with Crippen molar-refractivity contribution in [2.75, 3.05) is 20.7 Å². The van der Waals surface area contributed by atoms with Crippen LogP contribution in [0.2, 0.25) is 0 Å². The van der Waals surface area contributed by atoms with Crippen molar-refractivity contribution in [2.24, 2.45) is 0 Å². The lowest BCUT2D eigenvalue weighted by Crippen LogP contribution is -2.43. The van der Waals surface area contributed by atoms with Crippen molar-refractivity contribution in [1.82, 2.24) is 15.5 Å². The molecule has 2 N–H and O–H groups in total. The molecule has 0 saturated heterocycles. The molecule has 1 aliphatic carbocycles. The number of urea groups is 1. The summed E-state index contributed by atoms with van der Waals surface area (Å²) in [6, 6.07) is 7.93. The van der Waals surface area contributed by atoms with E-state index in [9.17, 15) is 9.59 Å². The van der Waals surface area contributed by atoms with E-state index in [2.05, 4.69) is 10.6 Å². The average molecular weight is 376 g/mol. The standard InChI is InChI=1S/C21H33N3O3/c1-16(17-11-13-19(27-3)14-12-17)24(2)20(25)10-7-15-22-21(26)23-18-8-5-4-6-9-18/h11-14,16,18H,4-10,15H2,1-3H3,(H2,22,23,26). The van der Waals surface area contributed by atoms with Crippen LogP contribution in [-0.4, -0.2) is 43.6 Å². The first-order chi connectivity index (χ1) is 13.0. The smallest absolute Gasteiger partial charge is 0.315 e. The van der Waals surface area contributed by atoms with Crippen molar-refractivity contribution in [3.05, 3.63) is 29.8 Å². The van der Waals surface area contributed by atoms with Gasteiger partial charge in [-0.05, 0) is 43.9 Å². The van der Waals surface area contributed by atoms with E-state index in [4.69, 9.17) is 4.74 Å². The topological polar surface area (TPSA) is 70.7 Å². The quantitative estimate of drug-likeness (QED) is 0.682. The van der Waals surface area contributed by atoms with Gasteiger partial charge in [0.2, 0.25) is 5.91 Å². The van der Waals surface area contributed by atoms with Gasteiger partial charge in [-0.3, -0.25) is 4.79 Å². The van der Waals surface area contributed by atoms with Crippen LogP contribution in [0.25, 0.3) is 0 Å². The van der Waals surface area contributed by atoms with Gasteiger partial charge >= 0.3 is 6.03 Å². The maximum absolute atomic E-state index is 12.4. The average Bonchev–Trinajstić information content (AvgIpc) is 2.70. The Morgan fingerprint density at radius 1 is 1.19 bits per heavy atom. The number of carbonyl (C=O) groups excluding carboxylic acids is 2. The number of ether oxygens (including phenoxy) is 1. The van der Waals surface area contributed by atoms with E-state index in [1.165, 1.54) is 19.3 Å². The predicted octanol–water partition coefficient (Wildman–Crippen LogP) is 3.63.